The third-order valence-corrected chi connectivity index (χ3v) is 2.60. The summed E-state index contributed by atoms with van der Waals surface area (Å²) >= 11 is 0. The van der Waals surface area contributed by atoms with Crippen LogP contribution in [0.25, 0.3) is 0 Å². The molecule has 6 heteroatoms. The van der Waals surface area contributed by atoms with Gasteiger partial charge in [0.2, 0.25) is 0 Å². The third-order valence-electron chi connectivity index (χ3n) is 2.60. The van der Waals surface area contributed by atoms with Crippen LogP contribution in [0.2, 0.25) is 0 Å². The highest BCUT2D eigenvalue weighted by Crippen LogP contribution is 2.08. The maximum atomic E-state index is 11.6. The summed E-state index contributed by atoms with van der Waals surface area (Å²) in [4.78, 5) is 31.1. The van der Waals surface area contributed by atoms with E-state index >= 15 is 0 Å². The van der Waals surface area contributed by atoms with Crippen LogP contribution in [0.5, 0.6) is 0 Å². The summed E-state index contributed by atoms with van der Waals surface area (Å²) in [7, 11) is 1.31. The molecule has 0 aliphatic heterocycles. The Labute approximate surface area is 109 Å². The molecule has 0 spiro atoms. The minimum atomic E-state index is -0.475. The van der Waals surface area contributed by atoms with Crippen molar-refractivity contribution in [1.29, 1.82) is 0 Å². The number of carbonyl (C=O) groups is 1. The quantitative estimate of drug-likeness (QED) is 0.761. The van der Waals surface area contributed by atoms with Crippen LogP contribution in [0.15, 0.2) is 35.5 Å². The molecular weight excluding hydrogens is 246 g/mol. The maximum absolute atomic E-state index is 11.6. The summed E-state index contributed by atoms with van der Waals surface area (Å²) in [6.45, 7) is 2.02. The average molecular weight is 259 g/mol. The van der Waals surface area contributed by atoms with Gasteiger partial charge >= 0.3 is 11.7 Å². The predicted molar refractivity (Wildman–Crippen MR) is 67.9 cm³/mol. The van der Waals surface area contributed by atoms with E-state index in [2.05, 4.69) is 14.7 Å². The van der Waals surface area contributed by atoms with E-state index in [-0.39, 0.29) is 12.2 Å². The van der Waals surface area contributed by atoms with Gasteiger partial charge in [0.05, 0.1) is 24.9 Å². The maximum Gasteiger partial charge on any atom is 0.347 e. The van der Waals surface area contributed by atoms with Crippen LogP contribution >= 0.6 is 0 Å². The molecular formula is C13H13N3O3. The number of aryl methyl sites for hydroxylation is 1. The Balaban J connectivity index is 2.41. The van der Waals surface area contributed by atoms with Crippen molar-refractivity contribution >= 4 is 5.97 Å². The highest BCUT2D eigenvalue weighted by Gasteiger charge is 2.13. The van der Waals surface area contributed by atoms with E-state index in [0.29, 0.717) is 11.3 Å². The molecule has 0 atom stereocenters. The Morgan fingerprint density at radius 3 is 2.95 bits per heavy atom. The van der Waals surface area contributed by atoms with E-state index in [0.717, 1.165) is 5.56 Å². The van der Waals surface area contributed by atoms with Crippen LogP contribution in [-0.4, -0.2) is 27.6 Å². The molecule has 98 valence electrons. The van der Waals surface area contributed by atoms with Crippen molar-refractivity contribution in [2.45, 2.75) is 13.5 Å². The fourth-order valence-electron chi connectivity index (χ4n) is 1.70. The van der Waals surface area contributed by atoms with Gasteiger partial charge in [0.25, 0.3) is 0 Å². The molecule has 0 aliphatic rings. The molecule has 2 aromatic heterocycles. The zero-order chi connectivity index (χ0) is 13.8. The minimum absolute atomic E-state index is 0.179. The summed E-state index contributed by atoms with van der Waals surface area (Å²) < 4.78 is 6.09. The van der Waals surface area contributed by atoms with Crippen LogP contribution in [-0.2, 0) is 11.3 Å². The van der Waals surface area contributed by atoms with Gasteiger partial charge in [-0.05, 0) is 24.6 Å². The Morgan fingerprint density at radius 2 is 2.21 bits per heavy atom. The van der Waals surface area contributed by atoms with Crippen molar-refractivity contribution in [3.05, 3.63) is 58.0 Å². The first-order valence-electron chi connectivity index (χ1n) is 5.67. The number of nitrogens with zero attached hydrogens (tertiary/aromatic N) is 3. The zero-order valence-corrected chi connectivity index (χ0v) is 10.7. The Bertz CT molecular complexity index is 664. The van der Waals surface area contributed by atoms with E-state index in [4.69, 9.17) is 0 Å². The van der Waals surface area contributed by atoms with Gasteiger partial charge in [0.1, 0.15) is 0 Å². The van der Waals surface area contributed by atoms with E-state index in [9.17, 15) is 9.59 Å². The lowest BCUT2D eigenvalue weighted by Crippen LogP contribution is -2.24. The van der Waals surface area contributed by atoms with Crippen molar-refractivity contribution in [3.8, 4) is 0 Å². The van der Waals surface area contributed by atoms with Crippen molar-refractivity contribution in [2.75, 3.05) is 7.11 Å². The molecule has 6 nitrogen and oxygen atoms in total. The molecule has 2 rings (SSSR count). The summed E-state index contributed by atoms with van der Waals surface area (Å²) in [6, 6.07) is 3.26. The number of ether oxygens (including phenoxy) is 1. The number of hydrogen-bond donors (Lipinski definition) is 0. The Kier molecular flexibility index (Phi) is 3.70. The van der Waals surface area contributed by atoms with Gasteiger partial charge in [-0.2, -0.15) is 0 Å². The fourth-order valence-corrected chi connectivity index (χ4v) is 1.70. The lowest BCUT2D eigenvalue weighted by atomic mass is 10.2. The molecule has 0 fully saturated rings. The molecule has 0 saturated heterocycles. The largest absolute Gasteiger partial charge is 0.465 e. The average Bonchev–Trinajstić information content (AvgIpc) is 2.42. The van der Waals surface area contributed by atoms with E-state index in [1.165, 1.54) is 17.9 Å². The first-order valence-corrected chi connectivity index (χ1v) is 5.67. The number of methoxy groups -OCH3 is 1. The highest BCUT2D eigenvalue weighted by molar-refractivity contribution is 5.90. The molecule has 0 aliphatic carbocycles. The molecule has 0 unspecified atom stereocenters. The van der Waals surface area contributed by atoms with Gasteiger partial charge in [0, 0.05) is 18.6 Å². The number of hydrogen-bond acceptors (Lipinski definition) is 5. The normalized spacial score (nSPS) is 10.2. The summed E-state index contributed by atoms with van der Waals surface area (Å²) in [5.74, 6) is -0.475. The summed E-state index contributed by atoms with van der Waals surface area (Å²) in [5, 5.41) is 0. The Morgan fingerprint density at radius 1 is 1.42 bits per heavy atom. The van der Waals surface area contributed by atoms with E-state index < -0.39 is 5.97 Å². The van der Waals surface area contributed by atoms with Gasteiger partial charge in [-0.1, -0.05) is 0 Å². The van der Waals surface area contributed by atoms with Gasteiger partial charge < -0.3 is 4.74 Å². The Hall–Kier alpha value is -2.50. The first-order chi connectivity index (χ1) is 9.11. The monoisotopic (exact) mass is 259 g/mol. The van der Waals surface area contributed by atoms with Crippen LogP contribution in [0.3, 0.4) is 0 Å². The van der Waals surface area contributed by atoms with Crippen LogP contribution in [0, 0.1) is 6.92 Å². The highest BCUT2D eigenvalue weighted by atomic mass is 16.5. The minimum Gasteiger partial charge on any atom is -0.465 e. The molecule has 0 N–H and O–H groups in total. The standard InChI is InChI=1S/C13H13N3O3/c1-9-6-15-13(18)16(7-9)8-11-10(12(17)19-2)4-3-5-14-11/h3-7H,8H2,1-2H3. The van der Waals surface area contributed by atoms with Gasteiger partial charge in [-0.15, -0.1) is 0 Å². The smallest absolute Gasteiger partial charge is 0.347 e. The third kappa shape index (κ3) is 2.85. The second-order valence-electron chi connectivity index (χ2n) is 4.03. The molecule has 2 aromatic rings. The van der Waals surface area contributed by atoms with Gasteiger partial charge in [0.15, 0.2) is 0 Å². The van der Waals surface area contributed by atoms with E-state index in [1.54, 1.807) is 24.5 Å². The first kappa shape index (κ1) is 12.9. The van der Waals surface area contributed by atoms with Crippen molar-refractivity contribution < 1.29 is 9.53 Å². The summed E-state index contributed by atoms with van der Waals surface area (Å²) in [6.07, 6.45) is 4.74. The second-order valence-corrected chi connectivity index (χ2v) is 4.03. The topological polar surface area (TPSA) is 74.1 Å². The van der Waals surface area contributed by atoms with Crippen molar-refractivity contribution in [2.24, 2.45) is 0 Å². The van der Waals surface area contributed by atoms with Crippen LogP contribution in [0.1, 0.15) is 21.6 Å². The molecule has 0 radical (unpaired) electrons. The lowest BCUT2D eigenvalue weighted by molar-refractivity contribution is 0.0598. The van der Waals surface area contributed by atoms with Crippen LogP contribution < -0.4 is 5.69 Å². The molecule has 0 amide bonds. The predicted octanol–water partition coefficient (Wildman–Crippen LogP) is 0.782. The van der Waals surface area contributed by atoms with Crippen LogP contribution in [0.4, 0.5) is 0 Å². The fraction of sp³-hybridized carbons (Fsp3) is 0.231. The SMILES string of the molecule is COC(=O)c1cccnc1Cn1cc(C)cnc1=O. The zero-order valence-electron chi connectivity index (χ0n) is 10.7. The van der Waals surface area contributed by atoms with Gasteiger partial charge in [-0.25, -0.2) is 14.6 Å². The number of esters is 1. The molecule has 0 aromatic carbocycles. The van der Waals surface area contributed by atoms with Crippen molar-refractivity contribution in [1.82, 2.24) is 14.5 Å². The van der Waals surface area contributed by atoms with Gasteiger partial charge in [-0.3, -0.25) is 9.55 Å². The number of carbonyl (C=O) groups excluding carboxylic acids is 1. The van der Waals surface area contributed by atoms with Crippen molar-refractivity contribution in [3.63, 3.8) is 0 Å². The number of pyridine rings is 1. The molecule has 0 saturated carbocycles. The molecule has 2 heterocycles. The second kappa shape index (κ2) is 5.43. The van der Waals surface area contributed by atoms with E-state index in [1.807, 2.05) is 6.92 Å². The summed E-state index contributed by atoms with van der Waals surface area (Å²) in [5.41, 5.74) is 1.30. The number of rotatable bonds is 3. The molecule has 19 heavy (non-hydrogen) atoms. The lowest BCUT2D eigenvalue weighted by Gasteiger charge is -2.08. The number of aromatic nitrogens is 3. The molecule has 0 bridgehead atoms.